The van der Waals surface area contributed by atoms with Crippen LogP contribution in [0.2, 0.25) is 5.02 Å². The van der Waals surface area contributed by atoms with Crippen molar-refractivity contribution in [3.05, 3.63) is 28.8 Å². The lowest BCUT2D eigenvalue weighted by Crippen LogP contribution is -2.52. The molecular formula is C17H24ClN3O2S. The van der Waals surface area contributed by atoms with Gasteiger partial charge in [0.05, 0.1) is 0 Å². The van der Waals surface area contributed by atoms with E-state index in [0.29, 0.717) is 27.8 Å². The van der Waals surface area contributed by atoms with Gasteiger partial charge in [0.1, 0.15) is 5.75 Å². The molecule has 1 fully saturated rings. The maximum Gasteiger partial charge on any atom is 0.276 e. The van der Waals surface area contributed by atoms with Crippen molar-refractivity contribution in [1.29, 1.82) is 0 Å². The second-order valence-electron chi connectivity index (χ2n) is 6.21. The molecule has 7 heteroatoms. The number of hydrogen-bond donors (Lipinski definition) is 3. The third-order valence-electron chi connectivity index (χ3n) is 4.24. The normalized spacial score (nSPS) is 20.1. The van der Waals surface area contributed by atoms with E-state index in [1.54, 1.807) is 18.2 Å². The number of nitrogens with one attached hydrogen (secondary N) is 3. The topological polar surface area (TPSA) is 62.4 Å². The summed E-state index contributed by atoms with van der Waals surface area (Å²) in [6, 6.07) is 5.63. The fraction of sp³-hybridized carbons (Fsp3) is 0.529. The molecule has 0 aromatic heterocycles. The smallest absolute Gasteiger partial charge is 0.276 e. The SMILES string of the molecule is Cc1cc(OCC(=O)NNC(=S)N[C@H]2CCCC[C@@H]2C)ccc1Cl. The van der Waals surface area contributed by atoms with Gasteiger partial charge in [0.15, 0.2) is 11.7 Å². The molecule has 5 nitrogen and oxygen atoms in total. The summed E-state index contributed by atoms with van der Waals surface area (Å²) in [5.74, 6) is 0.887. The van der Waals surface area contributed by atoms with Gasteiger partial charge in [0.25, 0.3) is 5.91 Å². The highest BCUT2D eigenvalue weighted by molar-refractivity contribution is 7.80. The summed E-state index contributed by atoms with van der Waals surface area (Å²) in [4.78, 5) is 11.8. The molecule has 1 aromatic rings. The Labute approximate surface area is 153 Å². The molecule has 132 valence electrons. The summed E-state index contributed by atoms with van der Waals surface area (Å²) in [5.41, 5.74) is 6.17. The second-order valence-corrected chi connectivity index (χ2v) is 7.03. The van der Waals surface area contributed by atoms with Crippen molar-refractivity contribution < 1.29 is 9.53 Å². The Morgan fingerprint density at radius 1 is 1.33 bits per heavy atom. The van der Waals surface area contributed by atoms with Gasteiger partial charge in [-0.05, 0) is 61.7 Å². The number of benzene rings is 1. The number of aryl methyl sites for hydroxylation is 1. The lowest BCUT2D eigenvalue weighted by Gasteiger charge is -2.30. The molecule has 0 heterocycles. The molecule has 2 atom stereocenters. The van der Waals surface area contributed by atoms with Crippen LogP contribution >= 0.6 is 23.8 Å². The van der Waals surface area contributed by atoms with Gasteiger partial charge >= 0.3 is 0 Å². The molecule has 0 saturated heterocycles. The largest absolute Gasteiger partial charge is 0.484 e. The maximum atomic E-state index is 11.8. The number of hydrazine groups is 1. The van der Waals surface area contributed by atoms with Gasteiger partial charge in [-0.2, -0.15) is 0 Å². The molecule has 1 aliphatic rings. The third kappa shape index (κ3) is 5.83. The first-order valence-electron chi connectivity index (χ1n) is 8.20. The number of halogens is 1. The molecule has 0 unspecified atom stereocenters. The van der Waals surface area contributed by atoms with Gasteiger partial charge in [-0.15, -0.1) is 0 Å². The summed E-state index contributed by atoms with van der Waals surface area (Å²) in [6.07, 6.45) is 4.81. The first kappa shape index (κ1) is 18.8. The Morgan fingerprint density at radius 3 is 2.79 bits per heavy atom. The van der Waals surface area contributed by atoms with Crippen molar-refractivity contribution in [3.63, 3.8) is 0 Å². The van der Waals surface area contributed by atoms with E-state index in [1.807, 2.05) is 6.92 Å². The van der Waals surface area contributed by atoms with E-state index >= 15 is 0 Å². The van der Waals surface area contributed by atoms with Crippen LogP contribution < -0.4 is 20.9 Å². The molecule has 1 aliphatic carbocycles. The zero-order valence-electron chi connectivity index (χ0n) is 14.0. The van der Waals surface area contributed by atoms with Gasteiger partial charge in [-0.1, -0.05) is 31.4 Å². The van der Waals surface area contributed by atoms with Crippen molar-refractivity contribution in [2.75, 3.05) is 6.61 Å². The minimum atomic E-state index is -0.302. The third-order valence-corrected chi connectivity index (χ3v) is 4.89. The van der Waals surface area contributed by atoms with Crippen LogP contribution in [0.3, 0.4) is 0 Å². The standard InChI is InChI=1S/C17H24ClN3O2S/c1-11-5-3-4-6-15(11)19-17(24)21-20-16(22)10-23-13-7-8-14(18)12(2)9-13/h7-9,11,15H,3-6,10H2,1-2H3,(H,20,22)(H2,19,21,24)/t11-,15-/m0/s1. The van der Waals surface area contributed by atoms with Crippen LogP contribution in [-0.4, -0.2) is 23.7 Å². The number of ether oxygens (including phenoxy) is 1. The van der Waals surface area contributed by atoms with Crippen LogP contribution in [-0.2, 0) is 4.79 Å². The second kappa shape index (κ2) is 9.08. The molecule has 24 heavy (non-hydrogen) atoms. The minimum absolute atomic E-state index is 0.101. The number of carbonyl (C=O) groups excluding carboxylic acids is 1. The van der Waals surface area contributed by atoms with Gasteiger partial charge < -0.3 is 10.1 Å². The average Bonchev–Trinajstić information content (AvgIpc) is 2.56. The molecule has 0 bridgehead atoms. The predicted molar refractivity (Wildman–Crippen MR) is 100 cm³/mol. The number of rotatable bonds is 4. The number of amides is 1. The van der Waals surface area contributed by atoms with Crippen molar-refractivity contribution in [1.82, 2.24) is 16.2 Å². The Kier molecular flexibility index (Phi) is 7.12. The first-order chi connectivity index (χ1) is 11.5. The first-order valence-corrected chi connectivity index (χ1v) is 8.98. The number of thiocarbonyl (C=S) groups is 1. The van der Waals surface area contributed by atoms with Crippen LogP contribution in [0.1, 0.15) is 38.2 Å². The highest BCUT2D eigenvalue weighted by Crippen LogP contribution is 2.23. The molecule has 3 N–H and O–H groups in total. The Balaban J connectivity index is 1.68. The zero-order valence-corrected chi connectivity index (χ0v) is 15.6. The quantitative estimate of drug-likeness (QED) is 0.562. The predicted octanol–water partition coefficient (Wildman–Crippen LogP) is 3.10. The Morgan fingerprint density at radius 2 is 2.08 bits per heavy atom. The number of carbonyl (C=O) groups is 1. The van der Waals surface area contributed by atoms with E-state index < -0.39 is 0 Å². The lowest BCUT2D eigenvalue weighted by atomic mass is 9.86. The Hall–Kier alpha value is -1.53. The van der Waals surface area contributed by atoms with Gasteiger partial charge in [-0.3, -0.25) is 15.6 Å². The molecule has 0 spiro atoms. The summed E-state index contributed by atoms with van der Waals surface area (Å²) in [6.45, 7) is 4.00. The van der Waals surface area contributed by atoms with Crippen LogP contribution in [0.25, 0.3) is 0 Å². The highest BCUT2D eigenvalue weighted by Gasteiger charge is 2.21. The molecular weight excluding hydrogens is 346 g/mol. The van der Waals surface area contributed by atoms with E-state index in [2.05, 4.69) is 23.1 Å². The zero-order chi connectivity index (χ0) is 17.5. The molecule has 1 aromatic carbocycles. The number of hydrogen-bond acceptors (Lipinski definition) is 3. The highest BCUT2D eigenvalue weighted by atomic mass is 35.5. The van der Waals surface area contributed by atoms with Gasteiger partial charge in [0, 0.05) is 11.1 Å². The maximum absolute atomic E-state index is 11.8. The molecule has 1 saturated carbocycles. The van der Waals surface area contributed by atoms with E-state index in [4.69, 9.17) is 28.6 Å². The molecule has 1 amide bonds. The summed E-state index contributed by atoms with van der Waals surface area (Å²) in [5, 5.41) is 4.36. The minimum Gasteiger partial charge on any atom is -0.484 e. The summed E-state index contributed by atoms with van der Waals surface area (Å²) >= 11 is 11.2. The van der Waals surface area contributed by atoms with Crippen LogP contribution in [0.15, 0.2) is 18.2 Å². The molecule has 0 radical (unpaired) electrons. The van der Waals surface area contributed by atoms with Crippen LogP contribution in [0, 0.1) is 12.8 Å². The van der Waals surface area contributed by atoms with E-state index in [1.165, 1.54) is 19.3 Å². The molecule has 0 aliphatic heterocycles. The van der Waals surface area contributed by atoms with Crippen LogP contribution in [0.5, 0.6) is 5.75 Å². The monoisotopic (exact) mass is 369 g/mol. The fourth-order valence-corrected chi connectivity index (χ4v) is 3.07. The fourth-order valence-electron chi connectivity index (χ4n) is 2.75. The van der Waals surface area contributed by atoms with Gasteiger partial charge in [0.2, 0.25) is 0 Å². The van der Waals surface area contributed by atoms with Crippen LogP contribution in [0.4, 0.5) is 0 Å². The summed E-state index contributed by atoms with van der Waals surface area (Å²) in [7, 11) is 0. The van der Waals surface area contributed by atoms with Crippen molar-refractivity contribution in [2.24, 2.45) is 5.92 Å². The van der Waals surface area contributed by atoms with Gasteiger partial charge in [-0.25, -0.2) is 0 Å². The van der Waals surface area contributed by atoms with Crippen molar-refractivity contribution >= 4 is 34.8 Å². The van der Waals surface area contributed by atoms with E-state index in [-0.39, 0.29) is 12.5 Å². The van der Waals surface area contributed by atoms with Crippen molar-refractivity contribution in [2.45, 2.75) is 45.6 Å². The van der Waals surface area contributed by atoms with E-state index in [9.17, 15) is 4.79 Å². The molecule has 2 rings (SSSR count). The Bertz CT molecular complexity index is 597. The lowest BCUT2D eigenvalue weighted by molar-refractivity contribution is -0.123. The average molecular weight is 370 g/mol. The summed E-state index contributed by atoms with van der Waals surface area (Å²) < 4.78 is 5.43. The van der Waals surface area contributed by atoms with E-state index in [0.717, 1.165) is 12.0 Å². The van der Waals surface area contributed by atoms with Crippen molar-refractivity contribution in [3.8, 4) is 5.75 Å².